The number of hydrogen-bond acceptors (Lipinski definition) is 4. The zero-order valence-corrected chi connectivity index (χ0v) is 17.5. The highest BCUT2D eigenvalue weighted by Crippen LogP contribution is 2.26. The summed E-state index contributed by atoms with van der Waals surface area (Å²) in [5.74, 6) is 1.47. The van der Waals surface area contributed by atoms with Crippen molar-refractivity contribution in [3.05, 3.63) is 59.7 Å². The fourth-order valence-electron chi connectivity index (χ4n) is 2.83. The van der Waals surface area contributed by atoms with E-state index in [9.17, 15) is 9.59 Å². The molecule has 2 aromatic rings. The summed E-state index contributed by atoms with van der Waals surface area (Å²) in [5.41, 5.74) is 1.97. The van der Waals surface area contributed by atoms with E-state index < -0.39 is 6.10 Å². The molecule has 6 heteroatoms. The summed E-state index contributed by atoms with van der Waals surface area (Å²) in [7, 11) is 1.60. The molecule has 0 heterocycles. The molecule has 0 aliphatic rings. The predicted molar refractivity (Wildman–Crippen MR) is 113 cm³/mol. The van der Waals surface area contributed by atoms with Crippen LogP contribution in [-0.4, -0.2) is 38.1 Å². The van der Waals surface area contributed by atoms with Crippen LogP contribution in [0.2, 0.25) is 0 Å². The number of para-hydroxylation sites is 1. The maximum atomic E-state index is 12.3. The molecule has 0 aliphatic carbocycles. The van der Waals surface area contributed by atoms with Crippen molar-refractivity contribution in [1.29, 1.82) is 0 Å². The molecule has 2 rings (SSSR count). The van der Waals surface area contributed by atoms with Crippen molar-refractivity contribution < 1.29 is 19.1 Å². The van der Waals surface area contributed by atoms with Crippen LogP contribution in [0.15, 0.2) is 48.5 Å². The van der Waals surface area contributed by atoms with E-state index in [1.54, 1.807) is 14.0 Å². The molecule has 2 amide bonds. The molecule has 0 bridgehead atoms. The van der Waals surface area contributed by atoms with Crippen LogP contribution in [0.1, 0.15) is 37.8 Å². The fraction of sp³-hybridized carbons (Fsp3) is 0.391. The first-order valence-electron chi connectivity index (χ1n) is 9.83. The first-order valence-corrected chi connectivity index (χ1v) is 9.83. The molecule has 0 aliphatic heterocycles. The van der Waals surface area contributed by atoms with E-state index in [2.05, 4.69) is 24.5 Å². The van der Waals surface area contributed by atoms with Gasteiger partial charge in [0.15, 0.2) is 6.10 Å². The van der Waals surface area contributed by atoms with Crippen molar-refractivity contribution >= 4 is 11.8 Å². The van der Waals surface area contributed by atoms with E-state index in [1.807, 2.05) is 48.5 Å². The maximum Gasteiger partial charge on any atom is 0.260 e. The number of amides is 2. The minimum absolute atomic E-state index is 0.0976. The standard InChI is InChI=1S/C23H30N2O4/c1-16(2)20-7-5-6-8-21(20)29-17(3)23(27)25-14-13-24-22(26)15-18-9-11-19(28-4)12-10-18/h5-12,16-17H,13-15H2,1-4H3,(H,24,26)(H,25,27). The average molecular weight is 399 g/mol. The van der Waals surface area contributed by atoms with Gasteiger partial charge in [-0.05, 0) is 42.2 Å². The SMILES string of the molecule is COc1ccc(CC(=O)NCCNC(=O)C(C)Oc2ccccc2C(C)C)cc1. The highest BCUT2D eigenvalue weighted by atomic mass is 16.5. The molecule has 6 nitrogen and oxygen atoms in total. The van der Waals surface area contributed by atoms with Gasteiger partial charge in [-0.25, -0.2) is 0 Å². The van der Waals surface area contributed by atoms with Gasteiger partial charge >= 0.3 is 0 Å². The van der Waals surface area contributed by atoms with Gasteiger partial charge in [0.25, 0.3) is 5.91 Å². The molecule has 0 spiro atoms. The van der Waals surface area contributed by atoms with Crippen LogP contribution in [0.4, 0.5) is 0 Å². The molecular weight excluding hydrogens is 368 g/mol. The van der Waals surface area contributed by atoms with Crippen molar-refractivity contribution in [3.63, 3.8) is 0 Å². The van der Waals surface area contributed by atoms with Crippen LogP contribution >= 0.6 is 0 Å². The number of carbonyl (C=O) groups is 2. The zero-order chi connectivity index (χ0) is 21.2. The van der Waals surface area contributed by atoms with Gasteiger partial charge in [0.1, 0.15) is 11.5 Å². The van der Waals surface area contributed by atoms with Crippen LogP contribution < -0.4 is 20.1 Å². The lowest BCUT2D eigenvalue weighted by Gasteiger charge is -2.18. The summed E-state index contributed by atoms with van der Waals surface area (Å²) < 4.78 is 10.9. The number of carbonyl (C=O) groups excluding carboxylic acids is 2. The third-order valence-corrected chi connectivity index (χ3v) is 4.48. The lowest BCUT2D eigenvalue weighted by molar-refractivity contribution is -0.127. The fourth-order valence-corrected chi connectivity index (χ4v) is 2.83. The first kappa shape index (κ1) is 22.3. The lowest BCUT2D eigenvalue weighted by Crippen LogP contribution is -2.41. The predicted octanol–water partition coefficient (Wildman–Crippen LogP) is 3.06. The Bertz CT molecular complexity index is 803. The third kappa shape index (κ3) is 7.14. The van der Waals surface area contributed by atoms with E-state index in [0.717, 1.165) is 22.6 Å². The lowest BCUT2D eigenvalue weighted by atomic mass is 10.0. The van der Waals surface area contributed by atoms with E-state index >= 15 is 0 Å². The minimum Gasteiger partial charge on any atom is -0.497 e. The molecule has 156 valence electrons. The summed E-state index contributed by atoms with van der Waals surface area (Å²) in [6.07, 6.45) is -0.339. The van der Waals surface area contributed by atoms with Crippen molar-refractivity contribution in [2.75, 3.05) is 20.2 Å². The minimum atomic E-state index is -0.620. The van der Waals surface area contributed by atoms with Crippen molar-refractivity contribution in [2.24, 2.45) is 0 Å². The molecule has 29 heavy (non-hydrogen) atoms. The molecule has 2 N–H and O–H groups in total. The van der Waals surface area contributed by atoms with Crippen LogP contribution in [-0.2, 0) is 16.0 Å². The molecule has 2 aromatic carbocycles. The number of nitrogens with one attached hydrogen (secondary N) is 2. The Morgan fingerprint density at radius 1 is 0.931 bits per heavy atom. The summed E-state index contributed by atoms with van der Waals surface area (Å²) >= 11 is 0. The third-order valence-electron chi connectivity index (χ3n) is 4.48. The van der Waals surface area contributed by atoms with Crippen molar-refractivity contribution in [2.45, 2.75) is 39.2 Å². The van der Waals surface area contributed by atoms with Crippen molar-refractivity contribution in [3.8, 4) is 11.5 Å². The topological polar surface area (TPSA) is 76.7 Å². The van der Waals surface area contributed by atoms with Gasteiger partial charge in [0.05, 0.1) is 13.5 Å². The Morgan fingerprint density at radius 2 is 1.59 bits per heavy atom. The largest absolute Gasteiger partial charge is 0.497 e. The summed E-state index contributed by atoms with van der Waals surface area (Å²) in [5, 5.41) is 5.59. The number of hydrogen-bond donors (Lipinski definition) is 2. The number of rotatable bonds is 10. The van der Waals surface area contributed by atoms with Gasteiger partial charge in [0.2, 0.25) is 5.91 Å². The maximum absolute atomic E-state index is 12.3. The van der Waals surface area contributed by atoms with Gasteiger partial charge < -0.3 is 20.1 Å². The van der Waals surface area contributed by atoms with Gasteiger partial charge in [0, 0.05) is 13.1 Å². The monoisotopic (exact) mass is 398 g/mol. The first-order chi connectivity index (χ1) is 13.9. The smallest absolute Gasteiger partial charge is 0.260 e. The molecule has 0 fully saturated rings. The average Bonchev–Trinajstić information content (AvgIpc) is 2.71. The van der Waals surface area contributed by atoms with E-state index in [4.69, 9.17) is 9.47 Å². The number of ether oxygens (including phenoxy) is 2. The highest BCUT2D eigenvalue weighted by Gasteiger charge is 2.16. The Kier molecular flexibility index (Phi) is 8.52. The van der Waals surface area contributed by atoms with Crippen LogP contribution in [0.3, 0.4) is 0 Å². The molecule has 0 aromatic heterocycles. The second-order valence-electron chi connectivity index (χ2n) is 7.12. The molecule has 0 saturated heterocycles. The second kappa shape index (κ2) is 11.1. The Hall–Kier alpha value is -3.02. The molecule has 0 saturated carbocycles. The van der Waals surface area contributed by atoms with Gasteiger partial charge in [-0.1, -0.05) is 44.2 Å². The van der Waals surface area contributed by atoms with Gasteiger partial charge in [-0.3, -0.25) is 9.59 Å². The van der Waals surface area contributed by atoms with Crippen molar-refractivity contribution in [1.82, 2.24) is 10.6 Å². The van der Waals surface area contributed by atoms with E-state index in [0.29, 0.717) is 19.0 Å². The van der Waals surface area contributed by atoms with Gasteiger partial charge in [-0.2, -0.15) is 0 Å². The molecular formula is C23H30N2O4. The Labute approximate surface area is 172 Å². The summed E-state index contributed by atoms with van der Waals surface area (Å²) in [4.78, 5) is 24.3. The summed E-state index contributed by atoms with van der Waals surface area (Å²) in [6, 6.07) is 15.1. The molecule has 0 radical (unpaired) electrons. The summed E-state index contributed by atoms with van der Waals surface area (Å²) in [6.45, 7) is 6.58. The van der Waals surface area contributed by atoms with E-state index in [-0.39, 0.29) is 18.2 Å². The molecule has 1 atom stereocenters. The Balaban J connectivity index is 1.71. The second-order valence-corrected chi connectivity index (χ2v) is 7.12. The van der Waals surface area contributed by atoms with Gasteiger partial charge in [-0.15, -0.1) is 0 Å². The highest BCUT2D eigenvalue weighted by molar-refractivity contribution is 5.81. The zero-order valence-electron chi connectivity index (χ0n) is 17.5. The van der Waals surface area contributed by atoms with Crippen LogP contribution in [0, 0.1) is 0 Å². The normalized spacial score (nSPS) is 11.6. The van der Waals surface area contributed by atoms with E-state index in [1.165, 1.54) is 0 Å². The Morgan fingerprint density at radius 3 is 2.24 bits per heavy atom. The van der Waals surface area contributed by atoms with Crippen LogP contribution in [0.5, 0.6) is 11.5 Å². The van der Waals surface area contributed by atoms with Crippen LogP contribution in [0.25, 0.3) is 0 Å². The number of benzene rings is 2. The molecule has 1 unspecified atom stereocenters. The quantitative estimate of drug-likeness (QED) is 0.603. The number of methoxy groups -OCH3 is 1.